The number of aromatic nitrogens is 4. The van der Waals surface area contributed by atoms with Gasteiger partial charge in [-0.1, -0.05) is 11.8 Å². The molecule has 3 atom stereocenters. The molecule has 1 aromatic heterocycles. The largest absolute Gasteiger partial charge is 1.00 e. The molecule has 0 spiro atoms. The van der Waals surface area contributed by atoms with E-state index >= 15 is 0 Å². The second-order valence-electron chi connectivity index (χ2n) is 5.38. The fourth-order valence-corrected chi connectivity index (χ4v) is 3.77. The molecule has 2 aliphatic heterocycles. The maximum atomic E-state index is 12.0. The van der Waals surface area contributed by atoms with Crippen LogP contribution in [0.5, 0.6) is 0 Å². The monoisotopic (exact) mass is 359 g/mol. The number of aliphatic hydroxyl groups is 1. The maximum Gasteiger partial charge on any atom is 1.00 e. The summed E-state index contributed by atoms with van der Waals surface area (Å²) in [5.41, 5.74) is -0.111. The van der Waals surface area contributed by atoms with Crippen molar-refractivity contribution in [3.05, 3.63) is 21.8 Å². The molecule has 1 saturated heterocycles. The Labute approximate surface area is 164 Å². The molecule has 2 aliphatic rings. The number of aliphatic carboxylic acids is 1. The predicted molar refractivity (Wildman–Crippen MR) is 77.9 cm³/mol. The molecule has 3 heterocycles. The van der Waals surface area contributed by atoms with Crippen LogP contribution in [0.1, 0.15) is 19.2 Å². The van der Waals surface area contributed by atoms with Gasteiger partial charge >= 0.3 is 29.6 Å². The summed E-state index contributed by atoms with van der Waals surface area (Å²) < 4.78 is 1.44. The van der Waals surface area contributed by atoms with Crippen LogP contribution in [-0.2, 0) is 9.59 Å². The Hall–Kier alpha value is -1.20. The molecular weight excluding hydrogens is 345 g/mol. The number of hydrogen-bond donors (Lipinski definition) is 1. The van der Waals surface area contributed by atoms with Gasteiger partial charge in [0.1, 0.15) is 0 Å². The van der Waals surface area contributed by atoms with Crippen LogP contribution in [0.2, 0.25) is 0 Å². The number of aliphatic hydroxyl groups excluding tert-OH is 1. The summed E-state index contributed by atoms with van der Waals surface area (Å²) in [4.78, 5) is 25.1. The quantitative estimate of drug-likeness (QED) is 0.414. The van der Waals surface area contributed by atoms with Crippen molar-refractivity contribution in [2.24, 2.45) is 5.92 Å². The Morgan fingerprint density at radius 2 is 2.25 bits per heavy atom. The SMILES string of the molecule is Cc1nnnn1/C=C/SC1=C(C(=O)[O-])N2C(=O)[C@@H]([C@H](C)O)[C@H]2C1.[Na+]. The van der Waals surface area contributed by atoms with Gasteiger partial charge < -0.3 is 19.9 Å². The van der Waals surface area contributed by atoms with Crippen LogP contribution < -0.4 is 34.7 Å². The number of carboxylic acids is 1. The molecule has 3 rings (SSSR count). The third-order valence-electron chi connectivity index (χ3n) is 3.95. The zero-order valence-electron chi connectivity index (χ0n) is 13.4. The van der Waals surface area contributed by atoms with E-state index < -0.39 is 18.0 Å². The maximum absolute atomic E-state index is 12.0. The van der Waals surface area contributed by atoms with Gasteiger partial charge in [0.15, 0.2) is 5.82 Å². The normalized spacial score (nSPS) is 24.0. The minimum Gasteiger partial charge on any atom is -0.543 e. The minimum absolute atomic E-state index is 0. The van der Waals surface area contributed by atoms with E-state index in [1.165, 1.54) is 28.3 Å². The number of hydrogen-bond acceptors (Lipinski definition) is 8. The number of β-lactam (4-membered cyclic amide) rings is 1. The Kier molecular flexibility index (Phi) is 5.87. The number of carbonyl (C=O) groups excluding carboxylic acids is 2. The molecule has 0 aliphatic carbocycles. The molecule has 24 heavy (non-hydrogen) atoms. The molecule has 1 fully saturated rings. The van der Waals surface area contributed by atoms with Gasteiger partial charge in [0, 0.05) is 17.5 Å². The Morgan fingerprint density at radius 3 is 2.79 bits per heavy atom. The minimum atomic E-state index is -1.39. The van der Waals surface area contributed by atoms with Gasteiger partial charge in [0.2, 0.25) is 5.91 Å². The first-order chi connectivity index (χ1) is 10.9. The number of thioether (sulfide) groups is 1. The summed E-state index contributed by atoms with van der Waals surface area (Å²) in [6.07, 6.45) is 1.17. The zero-order valence-corrected chi connectivity index (χ0v) is 16.2. The van der Waals surface area contributed by atoms with E-state index in [0.29, 0.717) is 17.2 Å². The molecular formula is C13H14N5NaO4S. The molecule has 1 amide bonds. The number of amides is 1. The molecule has 0 bridgehead atoms. The van der Waals surface area contributed by atoms with Crippen molar-refractivity contribution in [2.75, 3.05) is 0 Å². The Balaban J connectivity index is 0.00000208. The molecule has 122 valence electrons. The van der Waals surface area contributed by atoms with Gasteiger partial charge in [-0.15, -0.1) is 5.10 Å². The Morgan fingerprint density at radius 1 is 1.54 bits per heavy atom. The second kappa shape index (κ2) is 7.36. The molecule has 1 aromatic rings. The van der Waals surface area contributed by atoms with Crippen LogP contribution >= 0.6 is 11.8 Å². The topological polar surface area (TPSA) is 124 Å². The van der Waals surface area contributed by atoms with Crippen molar-refractivity contribution >= 4 is 29.8 Å². The third kappa shape index (κ3) is 3.16. The van der Waals surface area contributed by atoms with Crippen LogP contribution in [-0.4, -0.2) is 54.2 Å². The van der Waals surface area contributed by atoms with Crippen LogP contribution in [0.3, 0.4) is 0 Å². The first-order valence-corrected chi connectivity index (χ1v) is 7.83. The molecule has 0 aromatic carbocycles. The van der Waals surface area contributed by atoms with E-state index in [9.17, 15) is 19.8 Å². The van der Waals surface area contributed by atoms with Gasteiger partial charge in [-0.2, -0.15) is 0 Å². The van der Waals surface area contributed by atoms with Gasteiger partial charge in [-0.25, -0.2) is 4.68 Å². The average molecular weight is 359 g/mol. The van der Waals surface area contributed by atoms with E-state index in [4.69, 9.17) is 0 Å². The van der Waals surface area contributed by atoms with Crippen LogP contribution in [0, 0.1) is 12.8 Å². The molecule has 0 unspecified atom stereocenters. The fraction of sp³-hybridized carbons (Fsp3) is 0.462. The van der Waals surface area contributed by atoms with Gasteiger partial charge in [0.25, 0.3) is 0 Å². The van der Waals surface area contributed by atoms with E-state index in [1.807, 2.05) is 0 Å². The number of tetrazole rings is 1. The average Bonchev–Trinajstić information content (AvgIpc) is 3.01. The van der Waals surface area contributed by atoms with E-state index in [0.717, 1.165) is 0 Å². The number of fused-ring (bicyclic) bond motifs is 1. The Bertz CT molecular complexity index is 732. The van der Waals surface area contributed by atoms with Gasteiger partial charge in [-0.3, -0.25) is 4.79 Å². The van der Waals surface area contributed by atoms with Gasteiger partial charge in [0.05, 0.1) is 29.7 Å². The standard InChI is InChI=1S/C13H15N5O4S.Na/c1-6(19)10-8-5-9(11(13(21)22)18(8)12(10)20)23-4-3-17-7(2)14-15-16-17;/h3-4,6,8,10,19H,5H2,1-2H3,(H,21,22);/q;+1/p-1/b4-3+;/t6-,8+,10-;/m0./s1. The van der Waals surface area contributed by atoms with Crippen LogP contribution in [0.4, 0.5) is 0 Å². The van der Waals surface area contributed by atoms with Crippen molar-refractivity contribution in [3.8, 4) is 0 Å². The van der Waals surface area contributed by atoms with Crippen LogP contribution in [0.15, 0.2) is 16.0 Å². The summed E-state index contributed by atoms with van der Waals surface area (Å²) >= 11 is 1.18. The summed E-state index contributed by atoms with van der Waals surface area (Å²) in [6.45, 7) is 3.26. The first kappa shape index (κ1) is 19.1. The molecule has 0 radical (unpaired) electrons. The van der Waals surface area contributed by atoms with E-state index in [2.05, 4.69) is 15.5 Å². The summed E-state index contributed by atoms with van der Waals surface area (Å²) in [5, 5.41) is 33.6. The predicted octanol–water partition coefficient (Wildman–Crippen LogP) is -4.28. The number of nitrogens with zero attached hydrogens (tertiary/aromatic N) is 5. The molecule has 1 N–H and O–H groups in total. The van der Waals surface area contributed by atoms with Crippen molar-refractivity contribution in [1.29, 1.82) is 0 Å². The summed E-state index contributed by atoms with van der Waals surface area (Å²) in [6, 6.07) is -0.318. The second-order valence-corrected chi connectivity index (χ2v) is 6.38. The van der Waals surface area contributed by atoms with E-state index in [1.54, 1.807) is 18.5 Å². The van der Waals surface area contributed by atoms with Crippen LogP contribution in [0.25, 0.3) is 6.20 Å². The fourth-order valence-electron chi connectivity index (χ4n) is 2.87. The van der Waals surface area contributed by atoms with E-state index in [-0.39, 0.29) is 47.2 Å². The molecule has 9 nitrogen and oxygen atoms in total. The van der Waals surface area contributed by atoms with Crippen molar-refractivity contribution in [1.82, 2.24) is 25.1 Å². The number of carboxylic acid groups (broad SMARTS) is 1. The zero-order chi connectivity index (χ0) is 16.7. The molecule has 11 heteroatoms. The third-order valence-corrected chi connectivity index (χ3v) is 4.85. The van der Waals surface area contributed by atoms with Crippen molar-refractivity contribution in [3.63, 3.8) is 0 Å². The summed E-state index contributed by atoms with van der Waals surface area (Å²) in [7, 11) is 0. The number of rotatable bonds is 5. The number of carbonyl (C=O) groups is 2. The number of aryl methyl sites for hydroxylation is 1. The smallest absolute Gasteiger partial charge is 0.543 e. The van der Waals surface area contributed by atoms with Crippen molar-refractivity contribution in [2.45, 2.75) is 32.4 Å². The summed E-state index contributed by atoms with van der Waals surface area (Å²) in [5.74, 6) is -1.73. The van der Waals surface area contributed by atoms with Crippen molar-refractivity contribution < 1.29 is 49.4 Å². The first-order valence-electron chi connectivity index (χ1n) is 6.95. The molecule has 0 saturated carbocycles. The van der Waals surface area contributed by atoms with Gasteiger partial charge in [-0.05, 0) is 29.7 Å².